The Morgan fingerprint density at radius 1 is 1.06 bits per heavy atom. The standard InChI is InChI=1S/C14H23N3/c1-9-12(13(15)17-16-9)10-5-7-11(8-6-10)14(2,3)4/h5-9,12-13,16-17H,15H2,1-4H3. The lowest BCUT2D eigenvalue weighted by atomic mass is 9.84. The molecule has 1 fully saturated rings. The van der Waals surface area contributed by atoms with E-state index in [0.29, 0.717) is 12.0 Å². The first kappa shape index (κ1) is 12.6. The number of hydrogen-bond donors (Lipinski definition) is 3. The van der Waals surface area contributed by atoms with Crippen LogP contribution in [0.15, 0.2) is 24.3 Å². The SMILES string of the molecule is CC1NNC(N)C1c1ccc(C(C)(C)C)cc1. The van der Waals surface area contributed by atoms with Crippen LogP contribution in [0.2, 0.25) is 0 Å². The lowest BCUT2D eigenvalue weighted by Crippen LogP contribution is -2.38. The summed E-state index contributed by atoms with van der Waals surface area (Å²) in [7, 11) is 0. The van der Waals surface area contributed by atoms with Crippen molar-refractivity contribution in [1.29, 1.82) is 0 Å². The lowest BCUT2D eigenvalue weighted by molar-refractivity contribution is 0.545. The molecule has 1 aromatic rings. The maximum atomic E-state index is 6.05. The van der Waals surface area contributed by atoms with E-state index in [2.05, 4.69) is 62.8 Å². The molecule has 4 N–H and O–H groups in total. The summed E-state index contributed by atoms with van der Waals surface area (Å²) in [6, 6.07) is 9.21. The van der Waals surface area contributed by atoms with Crippen molar-refractivity contribution in [3.63, 3.8) is 0 Å². The van der Waals surface area contributed by atoms with Crippen molar-refractivity contribution < 1.29 is 0 Å². The molecule has 0 bridgehead atoms. The molecule has 94 valence electrons. The second-order valence-electron chi connectivity index (χ2n) is 6.00. The van der Waals surface area contributed by atoms with Crippen molar-refractivity contribution in [2.75, 3.05) is 0 Å². The quantitative estimate of drug-likeness (QED) is 0.694. The first-order chi connectivity index (χ1) is 7.89. The molecule has 3 unspecified atom stereocenters. The second kappa shape index (κ2) is 4.41. The van der Waals surface area contributed by atoms with E-state index >= 15 is 0 Å². The van der Waals surface area contributed by atoms with Gasteiger partial charge in [0.05, 0.1) is 6.17 Å². The minimum Gasteiger partial charge on any atom is -0.314 e. The van der Waals surface area contributed by atoms with Crippen LogP contribution in [-0.4, -0.2) is 12.2 Å². The zero-order valence-electron chi connectivity index (χ0n) is 11.1. The molecule has 1 aliphatic rings. The summed E-state index contributed by atoms with van der Waals surface area (Å²) in [6.45, 7) is 8.85. The van der Waals surface area contributed by atoms with E-state index in [1.807, 2.05) is 0 Å². The van der Waals surface area contributed by atoms with Crippen LogP contribution in [-0.2, 0) is 5.41 Å². The maximum Gasteiger partial charge on any atom is 0.0764 e. The van der Waals surface area contributed by atoms with E-state index in [4.69, 9.17) is 5.73 Å². The van der Waals surface area contributed by atoms with Gasteiger partial charge >= 0.3 is 0 Å². The number of nitrogens with two attached hydrogens (primary N) is 1. The molecule has 2 rings (SSSR count). The van der Waals surface area contributed by atoms with Gasteiger partial charge in [-0.15, -0.1) is 0 Å². The van der Waals surface area contributed by atoms with E-state index in [0.717, 1.165) is 0 Å². The number of nitrogens with one attached hydrogen (secondary N) is 2. The van der Waals surface area contributed by atoms with E-state index < -0.39 is 0 Å². The van der Waals surface area contributed by atoms with Crippen LogP contribution in [0.1, 0.15) is 44.7 Å². The summed E-state index contributed by atoms with van der Waals surface area (Å²) in [4.78, 5) is 0. The highest BCUT2D eigenvalue weighted by Crippen LogP contribution is 2.28. The van der Waals surface area contributed by atoms with Gasteiger partial charge in [-0.3, -0.25) is 5.43 Å². The first-order valence-electron chi connectivity index (χ1n) is 6.26. The molecule has 17 heavy (non-hydrogen) atoms. The Morgan fingerprint density at radius 2 is 1.65 bits per heavy atom. The molecular formula is C14H23N3. The Hall–Kier alpha value is -0.900. The third-order valence-electron chi connectivity index (χ3n) is 3.56. The first-order valence-corrected chi connectivity index (χ1v) is 6.26. The second-order valence-corrected chi connectivity index (χ2v) is 6.00. The Morgan fingerprint density at radius 3 is 2.06 bits per heavy atom. The van der Waals surface area contributed by atoms with Crippen LogP contribution in [0.4, 0.5) is 0 Å². The van der Waals surface area contributed by atoms with E-state index in [1.54, 1.807) is 0 Å². The van der Waals surface area contributed by atoms with Crippen molar-refractivity contribution in [1.82, 2.24) is 10.9 Å². The average molecular weight is 233 g/mol. The van der Waals surface area contributed by atoms with Crippen LogP contribution in [0.3, 0.4) is 0 Å². The molecule has 0 spiro atoms. The van der Waals surface area contributed by atoms with Gasteiger partial charge in [0.1, 0.15) is 0 Å². The normalized spacial score (nSPS) is 29.6. The fourth-order valence-corrected chi connectivity index (χ4v) is 2.42. The summed E-state index contributed by atoms with van der Waals surface area (Å²) in [5.74, 6) is 0.337. The van der Waals surface area contributed by atoms with Gasteiger partial charge in [0.2, 0.25) is 0 Å². The highest BCUT2D eigenvalue weighted by atomic mass is 15.4. The van der Waals surface area contributed by atoms with E-state index in [1.165, 1.54) is 11.1 Å². The number of rotatable bonds is 1. The Labute approximate surface area is 104 Å². The minimum atomic E-state index is -0.00881. The maximum absolute atomic E-state index is 6.05. The van der Waals surface area contributed by atoms with E-state index in [-0.39, 0.29) is 11.6 Å². The topological polar surface area (TPSA) is 50.1 Å². The molecule has 1 aromatic carbocycles. The highest BCUT2D eigenvalue weighted by Gasteiger charge is 2.31. The molecule has 1 saturated heterocycles. The monoisotopic (exact) mass is 233 g/mol. The summed E-state index contributed by atoms with van der Waals surface area (Å²) < 4.78 is 0. The largest absolute Gasteiger partial charge is 0.314 e. The van der Waals surface area contributed by atoms with Crippen LogP contribution >= 0.6 is 0 Å². The lowest BCUT2D eigenvalue weighted by Gasteiger charge is -2.22. The summed E-state index contributed by atoms with van der Waals surface area (Å²) in [5, 5.41) is 0. The highest BCUT2D eigenvalue weighted by molar-refractivity contribution is 5.31. The molecule has 0 amide bonds. The fourth-order valence-electron chi connectivity index (χ4n) is 2.42. The molecule has 3 heteroatoms. The van der Waals surface area contributed by atoms with Crippen molar-refractivity contribution in [3.8, 4) is 0 Å². The van der Waals surface area contributed by atoms with Crippen LogP contribution in [0, 0.1) is 0 Å². The van der Waals surface area contributed by atoms with Gasteiger partial charge in [0, 0.05) is 12.0 Å². The molecule has 0 saturated carbocycles. The summed E-state index contributed by atoms with van der Waals surface area (Å²) in [5.41, 5.74) is 15.2. The molecule has 1 aliphatic heterocycles. The van der Waals surface area contributed by atoms with Gasteiger partial charge in [-0.1, -0.05) is 45.0 Å². The van der Waals surface area contributed by atoms with Gasteiger partial charge in [0.25, 0.3) is 0 Å². The van der Waals surface area contributed by atoms with E-state index in [9.17, 15) is 0 Å². The Balaban J connectivity index is 2.24. The van der Waals surface area contributed by atoms with Crippen molar-refractivity contribution in [2.45, 2.75) is 51.2 Å². The van der Waals surface area contributed by atoms with Crippen molar-refractivity contribution >= 4 is 0 Å². The van der Waals surface area contributed by atoms with Crippen LogP contribution < -0.4 is 16.6 Å². The molecule has 0 aliphatic carbocycles. The van der Waals surface area contributed by atoms with Gasteiger partial charge in [0.15, 0.2) is 0 Å². The van der Waals surface area contributed by atoms with Gasteiger partial charge in [-0.05, 0) is 23.5 Å². The van der Waals surface area contributed by atoms with Gasteiger partial charge in [-0.2, -0.15) is 0 Å². The van der Waals surface area contributed by atoms with Gasteiger partial charge < -0.3 is 5.73 Å². The third kappa shape index (κ3) is 2.51. The van der Waals surface area contributed by atoms with Crippen LogP contribution in [0.5, 0.6) is 0 Å². The van der Waals surface area contributed by atoms with Crippen LogP contribution in [0.25, 0.3) is 0 Å². The molecular weight excluding hydrogens is 210 g/mol. The van der Waals surface area contributed by atoms with Crippen molar-refractivity contribution in [3.05, 3.63) is 35.4 Å². The molecule has 0 aromatic heterocycles. The van der Waals surface area contributed by atoms with Crippen molar-refractivity contribution in [2.24, 2.45) is 5.73 Å². The predicted molar refractivity (Wildman–Crippen MR) is 71.6 cm³/mol. The molecule has 3 nitrogen and oxygen atoms in total. The Kier molecular flexibility index (Phi) is 3.25. The Bertz CT molecular complexity index is 367. The minimum absolute atomic E-state index is 0.00881. The molecule has 0 radical (unpaired) electrons. The summed E-state index contributed by atoms with van der Waals surface area (Å²) >= 11 is 0. The number of benzene rings is 1. The summed E-state index contributed by atoms with van der Waals surface area (Å²) in [6.07, 6.45) is -0.00881. The molecule has 1 heterocycles. The molecule has 3 atom stereocenters. The smallest absolute Gasteiger partial charge is 0.0764 e. The number of hydrogen-bond acceptors (Lipinski definition) is 3. The predicted octanol–water partition coefficient (Wildman–Crippen LogP) is 1.85. The average Bonchev–Trinajstić information content (AvgIpc) is 2.58. The van der Waals surface area contributed by atoms with Gasteiger partial charge in [-0.25, -0.2) is 5.43 Å². The third-order valence-corrected chi connectivity index (χ3v) is 3.56. The fraction of sp³-hybridized carbons (Fsp3) is 0.571. The zero-order valence-corrected chi connectivity index (χ0v) is 11.1. The zero-order chi connectivity index (χ0) is 12.6. The number of hydrazine groups is 1.